The first-order chi connectivity index (χ1) is 12.4. The molecule has 1 saturated carbocycles. The molecule has 1 aromatic heterocycles. The van der Waals surface area contributed by atoms with Gasteiger partial charge in [-0.05, 0) is 25.2 Å². The minimum atomic E-state index is -0.0660. The molecule has 2 aliphatic rings. The van der Waals surface area contributed by atoms with Crippen molar-refractivity contribution in [3.63, 3.8) is 0 Å². The van der Waals surface area contributed by atoms with Crippen molar-refractivity contribution in [3.8, 4) is 0 Å². The Labute approximate surface area is 156 Å². The molecule has 0 bridgehead atoms. The number of rotatable bonds is 6. The van der Waals surface area contributed by atoms with Crippen LogP contribution >= 0.6 is 0 Å². The molecule has 6 heteroatoms. The third-order valence-electron chi connectivity index (χ3n) is 5.59. The molecule has 26 heavy (non-hydrogen) atoms. The van der Waals surface area contributed by atoms with E-state index >= 15 is 0 Å². The number of likely N-dealkylation sites (tertiary alicyclic amines) is 1. The molecule has 1 saturated heterocycles. The molecule has 2 heterocycles. The van der Waals surface area contributed by atoms with E-state index in [9.17, 15) is 9.59 Å². The summed E-state index contributed by atoms with van der Waals surface area (Å²) in [5.41, 5.74) is 1.06. The van der Waals surface area contributed by atoms with E-state index in [1.807, 2.05) is 29.2 Å². The van der Waals surface area contributed by atoms with Crippen molar-refractivity contribution in [2.24, 2.45) is 18.9 Å². The summed E-state index contributed by atoms with van der Waals surface area (Å²) in [5.74, 6) is 0.775. The zero-order valence-corrected chi connectivity index (χ0v) is 16.4. The van der Waals surface area contributed by atoms with Crippen LogP contribution < -0.4 is 0 Å². The van der Waals surface area contributed by atoms with Gasteiger partial charge in [0.25, 0.3) is 0 Å². The van der Waals surface area contributed by atoms with Crippen molar-refractivity contribution in [1.29, 1.82) is 0 Å². The van der Waals surface area contributed by atoms with Crippen LogP contribution in [0.2, 0.25) is 0 Å². The van der Waals surface area contributed by atoms with Crippen LogP contribution in [0.5, 0.6) is 0 Å². The second kappa shape index (κ2) is 8.23. The minimum absolute atomic E-state index is 0.0660. The Kier molecular flexibility index (Phi) is 5.99. The van der Waals surface area contributed by atoms with Gasteiger partial charge < -0.3 is 9.80 Å². The number of piperidine rings is 1. The number of carbonyl (C=O) groups is 2. The first-order valence-corrected chi connectivity index (χ1v) is 10.00. The molecule has 2 fully saturated rings. The quantitative estimate of drug-likeness (QED) is 0.783. The highest BCUT2D eigenvalue weighted by Gasteiger charge is 2.36. The highest BCUT2D eigenvalue weighted by molar-refractivity contribution is 5.84. The van der Waals surface area contributed by atoms with E-state index in [1.165, 1.54) is 12.8 Å². The summed E-state index contributed by atoms with van der Waals surface area (Å²) in [7, 11) is 1.89. The standard InChI is InChI=1S/C20H32N4O2/c1-15(2)11-23(13-16-10-21-22(3)12-16)20(26)17-8-9-19(25)24(14-17)18-6-4-5-7-18/h10,12,15,17-18H,4-9,11,13-14H2,1-3H3. The normalized spacial score (nSPS) is 21.6. The number of aryl methyl sites for hydroxylation is 1. The van der Waals surface area contributed by atoms with E-state index in [0.717, 1.165) is 24.9 Å². The number of aromatic nitrogens is 2. The molecule has 3 rings (SSSR count). The number of amides is 2. The van der Waals surface area contributed by atoms with Gasteiger partial charge in [0.05, 0.1) is 12.1 Å². The Bertz CT molecular complexity index is 634. The number of nitrogens with zero attached hydrogens (tertiary/aromatic N) is 4. The second-order valence-electron chi connectivity index (χ2n) is 8.35. The van der Waals surface area contributed by atoms with Gasteiger partial charge in [-0.25, -0.2) is 0 Å². The summed E-state index contributed by atoms with van der Waals surface area (Å²) in [6, 6.07) is 0.356. The largest absolute Gasteiger partial charge is 0.339 e. The first kappa shape index (κ1) is 18.9. The third kappa shape index (κ3) is 4.46. The van der Waals surface area contributed by atoms with E-state index in [4.69, 9.17) is 0 Å². The monoisotopic (exact) mass is 360 g/mol. The average molecular weight is 361 g/mol. The second-order valence-corrected chi connectivity index (χ2v) is 8.35. The van der Waals surface area contributed by atoms with Crippen LogP contribution in [-0.4, -0.2) is 50.5 Å². The maximum absolute atomic E-state index is 13.3. The molecule has 0 aromatic carbocycles. The molecule has 0 N–H and O–H groups in total. The maximum Gasteiger partial charge on any atom is 0.227 e. The van der Waals surface area contributed by atoms with Crippen LogP contribution in [0, 0.1) is 11.8 Å². The van der Waals surface area contributed by atoms with Gasteiger partial charge in [0.15, 0.2) is 0 Å². The van der Waals surface area contributed by atoms with Gasteiger partial charge in [0, 0.05) is 50.9 Å². The molecule has 0 radical (unpaired) electrons. The van der Waals surface area contributed by atoms with Crippen LogP contribution in [0.25, 0.3) is 0 Å². The molecule has 1 aromatic rings. The van der Waals surface area contributed by atoms with Crippen LogP contribution in [0.3, 0.4) is 0 Å². The number of hydrogen-bond donors (Lipinski definition) is 0. The summed E-state index contributed by atoms with van der Waals surface area (Å²) < 4.78 is 1.77. The lowest BCUT2D eigenvalue weighted by Crippen LogP contribution is -2.50. The summed E-state index contributed by atoms with van der Waals surface area (Å²) in [6.45, 7) is 6.21. The highest BCUT2D eigenvalue weighted by Crippen LogP contribution is 2.29. The van der Waals surface area contributed by atoms with Crippen molar-refractivity contribution in [2.45, 2.75) is 65.0 Å². The molecular weight excluding hydrogens is 328 g/mol. The lowest BCUT2D eigenvalue weighted by atomic mass is 9.94. The summed E-state index contributed by atoms with van der Waals surface area (Å²) in [5, 5.41) is 4.22. The zero-order valence-electron chi connectivity index (χ0n) is 16.4. The van der Waals surface area contributed by atoms with Crippen molar-refractivity contribution < 1.29 is 9.59 Å². The topological polar surface area (TPSA) is 58.4 Å². The van der Waals surface area contributed by atoms with Gasteiger partial charge in [-0.1, -0.05) is 26.7 Å². The summed E-state index contributed by atoms with van der Waals surface area (Å²) in [6.07, 6.45) is 9.58. The lowest BCUT2D eigenvalue weighted by molar-refractivity contribution is -0.145. The van der Waals surface area contributed by atoms with Crippen LogP contribution in [0.1, 0.15) is 57.9 Å². The van der Waals surface area contributed by atoms with E-state index < -0.39 is 0 Å². The van der Waals surface area contributed by atoms with Crippen molar-refractivity contribution in [3.05, 3.63) is 18.0 Å². The van der Waals surface area contributed by atoms with Gasteiger partial charge >= 0.3 is 0 Å². The minimum Gasteiger partial charge on any atom is -0.339 e. The Balaban J connectivity index is 1.69. The van der Waals surface area contributed by atoms with E-state index in [0.29, 0.717) is 37.9 Å². The zero-order chi connectivity index (χ0) is 18.7. The van der Waals surface area contributed by atoms with E-state index in [-0.39, 0.29) is 17.7 Å². The fourth-order valence-electron chi connectivity index (χ4n) is 4.35. The molecule has 1 unspecified atom stereocenters. The predicted octanol–water partition coefficient (Wildman–Crippen LogP) is 2.59. The Morgan fingerprint density at radius 1 is 1.31 bits per heavy atom. The van der Waals surface area contributed by atoms with Gasteiger partial charge in [0.1, 0.15) is 0 Å². The van der Waals surface area contributed by atoms with Crippen LogP contribution in [0.4, 0.5) is 0 Å². The van der Waals surface area contributed by atoms with Crippen LogP contribution in [-0.2, 0) is 23.2 Å². The molecule has 2 amide bonds. The van der Waals surface area contributed by atoms with Crippen molar-refractivity contribution >= 4 is 11.8 Å². The fourth-order valence-corrected chi connectivity index (χ4v) is 4.35. The van der Waals surface area contributed by atoms with Gasteiger partial charge in [-0.2, -0.15) is 5.10 Å². The Morgan fingerprint density at radius 2 is 2.04 bits per heavy atom. The molecular formula is C20H32N4O2. The SMILES string of the molecule is CC(C)CN(Cc1cnn(C)c1)C(=O)C1CCC(=O)N(C2CCCC2)C1. The molecule has 144 valence electrons. The smallest absolute Gasteiger partial charge is 0.227 e. The maximum atomic E-state index is 13.3. The van der Waals surface area contributed by atoms with Crippen LogP contribution in [0.15, 0.2) is 12.4 Å². The lowest BCUT2D eigenvalue weighted by Gasteiger charge is -2.38. The summed E-state index contributed by atoms with van der Waals surface area (Å²) >= 11 is 0. The number of carbonyl (C=O) groups excluding carboxylic acids is 2. The first-order valence-electron chi connectivity index (χ1n) is 10.00. The molecule has 1 aliphatic carbocycles. The Hall–Kier alpha value is -1.85. The van der Waals surface area contributed by atoms with E-state index in [2.05, 4.69) is 18.9 Å². The highest BCUT2D eigenvalue weighted by atomic mass is 16.2. The van der Waals surface area contributed by atoms with Crippen molar-refractivity contribution in [2.75, 3.05) is 13.1 Å². The van der Waals surface area contributed by atoms with Gasteiger partial charge in [-0.15, -0.1) is 0 Å². The van der Waals surface area contributed by atoms with Gasteiger partial charge in [0.2, 0.25) is 11.8 Å². The molecule has 1 aliphatic heterocycles. The third-order valence-corrected chi connectivity index (χ3v) is 5.59. The van der Waals surface area contributed by atoms with E-state index in [1.54, 1.807) is 4.68 Å². The fraction of sp³-hybridized carbons (Fsp3) is 0.750. The Morgan fingerprint density at radius 3 is 2.65 bits per heavy atom. The average Bonchev–Trinajstić information content (AvgIpc) is 3.25. The molecule has 0 spiro atoms. The molecule has 6 nitrogen and oxygen atoms in total. The van der Waals surface area contributed by atoms with Crippen molar-refractivity contribution in [1.82, 2.24) is 19.6 Å². The number of hydrogen-bond acceptors (Lipinski definition) is 3. The molecule has 1 atom stereocenters. The predicted molar refractivity (Wildman–Crippen MR) is 100 cm³/mol. The van der Waals surface area contributed by atoms with Gasteiger partial charge in [-0.3, -0.25) is 14.3 Å². The summed E-state index contributed by atoms with van der Waals surface area (Å²) in [4.78, 5) is 29.6.